The molecule has 0 fully saturated rings. The van der Waals surface area contributed by atoms with Crippen LogP contribution in [-0.4, -0.2) is 36.7 Å². The summed E-state index contributed by atoms with van der Waals surface area (Å²) in [7, 11) is 1.85. The number of rotatable bonds is 5. The Morgan fingerprint density at radius 2 is 2.47 bits per heavy atom. The number of H-pyrrole nitrogens is 1. The summed E-state index contributed by atoms with van der Waals surface area (Å²) in [5.41, 5.74) is 0.940. The maximum atomic E-state index is 4.03. The monoisotopic (exact) mass is 207 g/mol. The Balaban J connectivity index is 1.67. The van der Waals surface area contributed by atoms with E-state index in [2.05, 4.69) is 30.8 Å². The van der Waals surface area contributed by atoms with Crippen molar-refractivity contribution in [1.29, 1.82) is 0 Å². The summed E-state index contributed by atoms with van der Waals surface area (Å²) in [6, 6.07) is 0. The van der Waals surface area contributed by atoms with Crippen LogP contribution in [0.4, 0.5) is 0 Å². The van der Waals surface area contributed by atoms with Crippen LogP contribution in [0.2, 0.25) is 0 Å². The number of aromatic amines is 1. The molecule has 80 valence electrons. The standard InChI is InChI=1S/C8H13N7/c1-15-5-7(12-14-15)4-9-3-2-8-10-6-11-13-8/h5-6,9H,2-4H2,1H3,(H,10,11,13). The lowest BCUT2D eigenvalue weighted by molar-refractivity contribution is 0.658. The van der Waals surface area contributed by atoms with E-state index >= 15 is 0 Å². The number of aryl methyl sites for hydroxylation is 1. The van der Waals surface area contributed by atoms with Gasteiger partial charge in [0, 0.05) is 32.8 Å². The summed E-state index contributed by atoms with van der Waals surface area (Å²) in [6.45, 7) is 1.56. The molecule has 0 aliphatic rings. The van der Waals surface area contributed by atoms with Crippen molar-refractivity contribution >= 4 is 0 Å². The van der Waals surface area contributed by atoms with Gasteiger partial charge in [-0.3, -0.25) is 9.78 Å². The molecule has 7 heteroatoms. The average molecular weight is 207 g/mol. The van der Waals surface area contributed by atoms with Gasteiger partial charge >= 0.3 is 0 Å². The van der Waals surface area contributed by atoms with Gasteiger partial charge in [0.2, 0.25) is 0 Å². The minimum atomic E-state index is 0.724. The Morgan fingerprint density at radius 3 is 3.13 bits per heavy atom. The second-order valence-electron chi connectivity index (χ2n) is 3.24. The molecule has 0 unspecified atom stereocenters. The smallest absolute Gasteiger partial charge is 0.137 e. The van der Waals surface area contributed by atoms with Gasteiger partial charge in [-0.25, -0.2) is 4.98 Å². The van der Waals surface area contributed by atoms with Gasteiger partial charge in [-0.05, 0) is 0 Å². The summed E-state index contributed by atoms with van der Waals surface area (Å²) in [6.07, 6.45) is 4.24. The Morgan fingerprint density at radius 1 is 1.53 bits per heavy atom. The van der Waals surface area contributed by atoms with Crippen molar-refractivity contribution in [3.8, 4) is 0 Å². The molecule has 2 N–H and O–H groups in total. The molecule has 0 atom stereocenters. The van der Waals surface area contributed by atoms with E-state index in [0.717, 1.165) is 31.0 Å². The first-order chi connectivity index (χ1) is 7.34. The zero-order chi connectivity index (χ0) is 10.5. The van der Waals surface area contributed by atoms with E-state index in [-0.39, 0.29) is 0 Å². The van der Waals surface area contributed by atoms with Gasteiger partial charge in [0.15, 0.2) is 0 Å². The highest BCUT2D eigenvalue weighted by molar-refractivity contribution is 4.91. The SMILES string of the molecule is Cn1cc(CNCCc2ncn[nH]2)nn1. The molecule has 0 aliphatic carbocycles. The Bertz CT molecular complexity index is 391. The molecular formula is C8H13N7. The number of hydrogen-bond acceptors (Lipinski definition) is 5. The highest BCUT2D eigenvalue weighted by Crippen LogP contribution is 1.90. The topological polar surface area (TPSA) is 84.3 Å². The Hall–Kier alpha value is -1.76. The van der Waals surface area contributed by atoms with Crippen LogP contribution in [0.3, 0.4) is 0 Å². The normalized spacial score (nSPS) is 10.7. The molecule has 0 saturated heterocycles. The number of aromatic nitrogens is 6. The van der Waals surface area contributed by atoms with Gasteiger partial charge in [0.1, 0.15) is 12.2 Å². The summed E-state index contributed by atoms with van der Waals surface area (Å²) in [5, 5.41) is 17.6. The quantitative estimate of drug-likeness (QED) is 0.631. The molecule has 2 aromatic heterocycles. The van der Waals surface area contributed by atoms with Crippen LogP contribution >= 0.6 is 0 Å². The maximum absolute atomic E-state index is 4.03. The maximum Gasteiger partial charge on any atom is 0.137 e. The van der Waals surface area contributed by atoms with Gasteiger partial charge < -0.3 is 5.32 Å². The van der Waals surface area contributed by atoms with Crippen molar-refractivity contribution in [3.05, 3.63) is 24.0 Å². The van der Waals surface area contributed by atoms with E-state index in [0.29, 0.717) is 0 Å². The molecule has 0 amide bonds. The fourth-order valence-electron chi connectivity index (χ4n) is 1.25. The lowest BCUT2D eigenvalue weighted by Gasteiger charge is -1.99. The molecule has 0 spiro atoms. The highest BCUT2D eigenvalue weighted by atomic mass is 15.4. The van der Waals surface area contributed by atoms with Crippen molar-refractivity contribution in [2.45, 2.75) is 13.0 Å². The average Bonchev–Trinajstić information content (AvgIpc) is 2.84. The first-order valence-corrected chi connectivity index (χ1v) is 4.75. The van der Waals surface area contributed by atoms with Gasteiger partial charge in [-0.2, -0.15) is 5.10 Å². The van der Waals surface area contributed by atoms with Crippen LogP contribution in [0.25, 0.3) is 0 Å². The molecule has 0 saturated carbocycles. The third-order valence-electron chi connectivity index (χ3n) is 1.96. The second kappa shape index (κ2) is 4.65. The molecule has 7 nitrogen and oxygen atoms in total. The number of nitrogens with zero attached hydrogens (tertiary/aromatic N) is 5. The minimum Gasteiger partial charge on any atom is -0.311 e. The molecular weight excluding hydrogens is 194 g/mol. The van der Waals surface area contributed by atoms with Crippen LogP contribution in [0.1, 0.15) is 11.5 Å². The summed E-state index contributed by atoms with van der Waals surface area (Å²) < 4.78 is 1.69. The minimum absolute atomic E-state index is 0.724. The number of nitrogens with one attached hydrogen (secondary N) is 2. The Kier molecular flexibility index (Phi) is 3.03. The molecule has 0 radical (unpaired) electrons. The van der Waals surface area contributed by atoms with E-state index in [1.807, 2.05) is 13.2 Å². The first-order valence-electron chi connectivity index (χ1n) is 4.75. The Labute approximate surface area is 86.9 Å². The third kappa shape index (κ3) is 2.84. The fourth-order valence-corrected chi connectivity index (χ4v) is 1.25. The van der Waals surface area contributed by atoms with E-state index in [9.17, 15) is 0 Å². The molecule has 15 heavy (non-hydrogen) atoms. The molecule has 0 aromatic carbocycles. The number of hydrogen-bond donors (Lipinski definition) is 2. The third-order valence-corrected chi connectivity index (χ3v) is 1.96. The molecule has 2 heterocycles. The second-order valence-corrected chi connectivity index (χ2v) is 3.24. The van der Waals surface area contributed by atoms with E-state index in [1.54, 1.807) is 4.68 Å². The van der Waals surface area contributed by atoms with Crippen molar-refractivity contribution in [1.82, 2.24) is 35.5 Å². The van der Waals surface area contributed by atoms with Gasteiger partial charge in [-0.15, -0.1) is 5.10 Å². The van der Waals surface area contributed by atoms with Crippen LogP contribution in [0, 0.1) is 0 Å². The van der Waals surface area contributed by atoms with Gasteiger partial charge in [-0.1, -0.05) is 5.21 Å². The van der Waals surface area contributed by atoms with Crippen LogP contribution in [-0.2, 0) is 20.0 Å². The largest absolute Gasteiger partial charge is 0.311 e. The van der Waals surface area contributed by atoms with Crippen LogP contribution < -0.4 is 5.32 Å². The lowest BCUT2D eigenvalue weighted by Crippen LogP contribution is -2.17. The molecule has 0 bridgehead atoms. The predicted molar refractivity (Wildman–Crippen MR) is 52.8 cm³/mol. The van der Waals surface area contributed by atoms with Crippen molar-refractivity contribution in [3.63, 3.8) is 0 Å². The summed E-state index contributed by atoms with van der Waals surface area (Å²) in [4.78, 5) is 4.03. The van der Waals surface area contributed by atoms with E-state index in [4.69, 9.17) is 0 Å². The van der Waals surface area contributed by atoms with E-state index in [1.165, 1.54) is 6.33 Å². The van der Waals surface area contributed by atoms with Crippen LogP contribution in [0.5, 0.6) is 0 Å². The lowest BCUT2D eigenvalue weighted by atomic mass is 10.4. The molecule has 2 rings (SSSR count). The molecule has 0 aliphatic heterocycles. The van der Waals surface area contributed by atoms with Crippen molar-refractivity contribution in [2.24, 2.45) is 7.05 Å². The predicted octanol–water partition coefficient (Wildman–Crippen LogP) is -0.734. The zero-order valence-electron chi connectivity index (χ0n) is 8.51. The van der Waals surface area contributed by atoms with Crippen LogP contribution in [0.15, 0.2) is 12.5 Å². The van der Waals surface area contributed by atoms with Crippen molar-refractivity contribution < 1.29 is 0 Å². The van der Waals surface area contributed by atoms with Gasteiger partial charge in [0.05, 0.1) is 5.69 Å². The highest BCUT2D eigenvalue weighted by Gasteiger charge is 1.98. The molecule has 2 aromatic rings. The van der Waals surface area contributed by atoms with E-state index < -0.39 is 0 Å². The first kappa shape index (κ1) is 9.78. The zero-order valence-corrected chi connectivity index (χ0v) is 8.51. The van der Waals surface area contributed by atoms with Gasteiger partial charge in [0.25, 0.3) is 0 Å². The fraction of sp³-hybridized carbons (Fsp3) is 0.500. The van der Waals surface area contributed by atoms with Crippen molar-refractivity contribution in [2.75, 3.05) is 6.54 Å². The summed E-state index contributed by atoms with van der Waals surface area (Å²) >= 11 is 0. The summed E-state index contributed by atoms with van der Waals surface area (Å²) in [5.74, 6) is 0.890.